The van der Waals surface area contributed by atoms with Gasteiger partial charge in [-0.2, -0.15) is 5.10 Å². The smallest absolute Gasteiger partial charge is 0.0863 e. The molecule has 0 aliphatic carbocycles. The van der Waals surface area contributed by atoms with Gasteiger partial charge in [-0.15, -0.1) is 0 Å². The van der Waals surface area contributed by atoms with Crippen molar-refractivity contribution in [3.05, 3.63) is 54.5 Å². The molecule has 0 radical (unpaired) electrons. The summed E-state index contributed by atoms with van der Waals surface area (Å²) in [7, 11) is 0. The van der Waals surface area contributed by atoms with Crippen molar-refractivity contribution in [2.45, 2.75) is 0 Å². The molecule has 0 saturated heterocycles. The van der Waals surface area contributed by atoms with Crippen LogP contribution in [0.4, 0.5) is 0 Å². The summed E-state index contributed by atoms with van der Waals surface area (Å²) in [5.74, 6) is 0. The van der Waals surface area contributed by atoms with E-state index in [4.69, 9.17) is 0 Å². The van der Waals surface area contributed by atoms with Crippen LogP contribution in [0.5, 0.6) is 0 Å². The standard InChI is InChI=1S/C13H11N3/c1-2-4-13-11(3-1)6-9-16(13)10-7-12-5-8-14-15-12/h1-10H,(H,14,15). The third kappa shape index (κ3) is 1.52. The molecule has 0 bridgehead atoms. The fourth-order valence-corrected chi connectivity index (χ4v) is 1.76. The first kappa shape index (κ1) is 8.97. The molecule has 3 rings (SSSR count). The van der Waals surface area contributed by atoms with Gasteiger partial charge in [-0.3, -0.25) is 5.10 Å². The van der Waals surface area contributed by atoms with E-state index in [0.717, 1.165) is 5.69 Å². The zero-order chi connectivity index (χ0) is 10.8. The van der Waals surface area contributed by atoms with E-state index in [0.29, 0.717) is 0 Å². The van der Waals surface area contributed by atoms with Crippen LogP contribution in [0.25, 0.3) is 23.2 Å². The third-order valence-electron chi connectivity index (χ3n) is 2.56. The zero-order valence-electron chi connectivity index (χ0n) is 8.67. The quantitative estimate of drug-likeness (QED) is 0.691. The largest absolute Gasteiger partial charge is 0.323 e. The molecule has 0 spiro atoms. The van der Waals surface area contributed by atoms with Crippen molar-refractivity contribution in [3.8, 4) is 0 Å². The molecule has 16 heavy (non-hydrogen) atoms. The molecule has 0 saturated carbocycles. The van der Waals surface area contributed by atoms with Gasteiger partial charge in [0, 0.05) is 18.6 Å². The Morgan fingerprint density at radius 3 is 2.94 bits per heavy atom. The van der Waals surface area contributed by atoms with Gasteiger partial charge in [-0.25, -0.2) is 0 Å². The Morgan fingerprint density at radius 2 is 2.06 bits per heavy atom. The van der Waals surface area contributed by atoms with Gasteiger partial charge in [-0.1, -0.05) is 18.2 Å². The molecule has 3 aromatic rings. The Bertz CT molecular complexity index is 617. The Labute approximate surface area is 93.0 Å². The molecule has 0 aliphatic heterocycles. The van der Waals surface area contributed by atoms with Gasteiger partial charge in [0.2, 0.25) is 0 Å². The highest BCUT2D eigenvalue weighted by Crippen LogP contribution is 2.15. The molecule has 0 atom stereocenters. The molecule has 1 aromatic carbocycles. The SMILES string of the molecule is C(=Cn1ccc2ccccc21)c1cc[nH]n1. The summed E-state index contributed by atoms with van der Waals surface area (Å²) in [6.07, 6.45) is 7.85. The van der Waals surface area contributed by atoms with Crippen LogP contribution >= 0.6 is 0 Å². The molecule has 78 valence electrons. The van der Waals surface area contributed by atoms with Gasteiger partial charge < -0.3 is 4.57 Å². The van der Waals surface area contributed by atoms with E-state index in [2.05, 4.69) is 33.0 Å². The average Bonchev–Trinajstić information content (AvgIpc) is 2.96. The normalized spacial score (nSPS) is 11.5. The van der Waals surface area contributed by atoms with Crippen LogP contribution in [-0.4, -0.2) is 14.8 Å². The molecule has 0 fully saturated rings. The van der Waals surface area contributed by atoms with Gasteiger partial charge in [0.05, 0.1) is 11.2 Å². The molecule has 2 aromatic heterocycles. The third-order valence-corrected chi connectivity index (χ3v) is 2.56. The van der Waals surface area contributed by atoms with Gasteiger partial charge >= 0.3 is 0 Å². The minimum atomic E-state index is 0.929. The van der Waals surface area contributed by atoms with E-state index in [-0.39, 0.29) is 0 Å². The van der Waals surface area contributed by atoms with Crippen molar-refractivity contribution in [2.75, 3.05) is 0 Å². The van der Waals surface area contributed by atoms with Crippen LogP contribution in [0.3, 0.4) is 0 Å². The molecule has 0 amide bonds. The Kier molecular flexibility index (Phi) is 2.07. The lowest BCUT2D eigenvalue weighted by atomic mass is 10.2. The fourth-order valence-electron chi connectivity index (χ4n) is 1.76. The number of rotatable bonds is 2. The van der Waals surface area contributed by atoms with E-state index in [9.17, 15) is 0 Å². The fraction of sp³-hybridized carbons (Fsp3) is 0. The predicted octanol–water partition coefficient (Wildman–Crippen LogP) is 2.99. The second kappa shape index (κ2) is 3.70. The molecular weight excluding hydrogens is 198 g/mol. The predicted molar refractivity (Wildman–Crippen MR) is 65.7 cm³/mol. The van der Waals surface area contributed by atoms with Crippen LogP contribution < -0.4 is 0 Å². The summed E-state index contributed by atoms with van der Waals surface area (Å²) in [4.78, 5) is 0. The summed E-state index contributed by atoms with van der Waals surface area (Å²) < 4.78 is 2.09. The Hall–Kier alpha value is -2.29. The zero-order valence-corrected chi connectivity index (χ0v) is 8.67. The molecule has 3 nitrogen and oxygen atoms in total. The molecule has 0 unspecified atom stereocenters. The second-order valence-corrected chi connectivity index (χ2v) is 3.60. The van der Waals surface area contributed by atoms with Gasteiger partial charge in [0.15, 0.2) is 0 Å². The highest BCUT2D eigenvalue weighted by molar-refractivity contribution is 5.83. The second-order valence-electron chi connectivity index (χ2n) is 3.60. The highest BCUT2D eigenvalue weighted by atomic mass is 15.1. The number of nitrogens with zero attached hydrogens (tertiary/aromatic N) is 2. The minimum Gasteiger partial charge on any atom is -0.323 e. The van der Waals surface area contributed by atoms with Crippen LogP contribution in [0, 0.1) is 0 Å². The first-order valence-corrected chi connectivity index (χ1v) is 5.17. The number of aromatic nitrogens is 3. The first-order valence-electron chi connectivity index (χ1n) is 5.17. The van der Waals surface area contributed by atoms with E-state index >= 15 is 0 Å². The Morgan fingerprint density at radius 1 is 1.12 bits per heavy atom. The number of hydrogen-bond donors (Lipinski definition) is 1. The minimum absolute atomic E-state index is 0.929. The van der Waals surface area contributed by atoms with Gasteiger partial charge in [0.25, 0.3) is 0 Å². The molecule has 0 aliphatic rings. The monoisotopic (exact) mass is 209 g/mol. The van der Waals surface area contributed by atoms with Crippen LogP contribution in [0.15, 0.2) is 48.8 Å². The highest BCUT2D eigenvalue weighted by Gasteiger charge is 1.96. The lowest BCUT2D eigenvalue weighted by molar-refractivity contribution is 1.08. The van der Waals surface area contributed by atoms with Crippen LogP contribution in [0.1, 0.15) is 5.69 Å². The van der Waals surface area contributed by atoms with E-state index in [1.165, 1.54) is 10.9 Å². The summed E-state index contributed by atoms with van der Waals surface area (Å²) >= 11 is 0. The van der Waals surface area contributed by atoms with Gasteiger partial charge in [-0.05, 0) is 29.7 Å². The van der Waals surface area contributed by atoms with Crippen LogP contribution in [0.2, 0.25) is 0 Å². The van der Waals surface area contributed by atoms with E-state index in [1.54, 1.807) is 0 Å². The maximum atomic E-state index is 4.07. The summed E-state index contributed by atoms with van der Waals surface area (Å²) in [6.45, 7) is 0. The number of fused-ring (bicyclic) bond motifs is 1. The summed E-state index contributed by atoms with van der Waals surface area (Å²) in [5.41, 5.74) is 2.13. The topological polar surface area (TPSA) is 33.6 Å². The molecular formula is C13H11N3. The first-order chi connectivity index (χ1) is 7.93. The Balaban J connectivity index is 2.01. The van der Waals surface area contributed by atoms with Crippen molar-refractivity contribution in [3.63, 3.8) is 0 Å². The average molecular weight is 209 g/mol. The van der Waals surface area contributed by atoms with Crippen molar-refractivity contribution < 1.29 is 0 Å². The van der Waals surface area contributed by atoms with Crippen molar-refractivity contribution >= 4 is 23.2 Å². The van der Waals surface area contributed by atoms with Crippen LogP contribution in [-0.2, 0) is 0 Å². The lowest BCUT2D eigenvalue weighted by Crippen LogP contribution is -1.82. The number of para-hydroxylation sites is 1. The van der Waals surface area contributed by atoms with Gasteiger partial charge in [0.1, 0.15) is 0 Å². The molecule has 2 heterocycles. The van der Waals surface area contributed by atoms with Crippen molar-refractivity contribution in [2.24, 2.45) is 0 Å². The maximum Gasteiger partial charge on any atom is 0.0863 e. The van der Waals surface area contributed by atoms with Crippen molar-refractivity contribution in [1.29, 1.82) is 0 Å². The lowest BCUT2D eigenvalue weighted by Gasteiger charge is -1.96. The summed E-state index contributed by atoms with van der Waals surface area (Å²) in [6, 6.07) is 12.3. The number of benzene rings is 1. The molecule has 1 N–H and O–H groups in total. The maximum absolute atomic E-state index is 4.07. The van der Waals surface area contributed by atoms with E-state index < -0.39 is 0 Å². The number of aromatic amines is 1. The number of nitrogens with one attached hydrogen (secondary N) is 1. The number of H-pyrrole nitrogens is 1. The van der Waals surface area contributed by atoms with E-state index in [1.807, 2.05) is 42.9 Å². The number of hydrogen-bond acceptors (Lipinski definition) is 1. The van der Waals surface area contributed by atoms with Crippen molar-refractivity contribution in [1.82, 2.24) is 14.8 Å². The summed E-state index contributed by atoms with van der Waals surface area (Å²) in [5, 5.41) is 8.10. The molecule has 3 heteroatoms.